The molecule has 1 aliphatic heterocycles. The first-order chi connectivity index (χ1) is 12.9. The van der Waals surface area contributed by atoms with Crippen molar-refractivity contribution in [1.82, 2.24) is 0 Å². The zero-order valence-electron chi connectivity index (χ0n) is 14.6. The van der Waals surface area contributed by atoms with Crippen LogP contribution in [0.2, 0.25) is 0 Å². The fourth-order valence-electron chi connectivity index (χ4n) is 4.06. The second-order valence-electron chi connectivity index (χ2n) is 6.88. The smallest absolute Gasteiger partial charge is 0.0297 e. The maximum absolute atomic E-state index is 2.47. The number of aryl methyl sites for hydroxylation is 1. The predicted octanol–water partition coefficient (Wildman–Crippen LogP) is 6.92. The van der Waals surface area contributed by atoms with Gasteiger partial charge in [-0.3, -0.25) is 0 Å². The molecule has 1 heterocycles. The first-order valence-electron chi connectivity index (χ1n) is 9.21. The van der Waals surface area contributed by atoms with E-state index in [-0.39, 0.29) is 0 Å². The van der Waals surface area contributed by atoms with Crippen LogP contribution in [-0.4, -0.2) is 0 Å². The lowest BCUT2D eigenvalue weighted by molar-refractivity contribution is 0.935. The Morgan fingerprint density at radius 2 is 1.38 bits per heavy atom. The second-order valence-corrected chi connectivity index (χ2v) is 8.02. The van der Waals surface area contributed by atoms with Crippen LogP contribution in [0, 0.1) is 0 Å². The van der Waals surface area contributed by atoms with Crippen molar-refractivity contribution in [2.45, 2.75) is 18.8 Å². The molecule has 1 heteroatoms. The zero-order chi connectivity index (χ0) is 17.3. The number of allylic oxidation sites excluding steroid dienone is 3. The van der Waals surface area contributed by atoms with Crippen molar-refractivity contribution in [2.24, 2.45) is 0 Å². The zero-order valence-corrected chi connectivity index (χ0v) is 15.4. The van der Waals surface area contributed by atoms with E-state index in [0.717, 1.165) is 12.8 Å². The minimum atomic E-state index is 0.323. The van der Waals surface area contributed by atoms with Crippen molar-refractivity contribution in [3.05, 3.63) is 118 Å². The fraction of sp³-hybridized carbons (Fsp3) is 0.120. The Labute approximate surface area is 159 Å². The maximum Gasteiger partial charge on any atom is 0.0297 e. The lowest BCUT2D eigenvalue weighted by Crippen LogP contribution is -2.12. The molecule has 0 radical (unpaired) electrons. The Bertz CT molecular complexity index is 997. The van der Waals surface area contributed by atoms with Gasteiger partial charge in [0.2, 0.25) is 0 Å². The molecule has 26 heavy (non-hydrogen) atoms. The first-order valence-corrected chi connectivity index (χ1v) is 10.0. The predicted molar refractivity (Wildman–Crippen MR) is 113 cm³/mol. The van der Waals surface area contributed by atoms with Crippen LogP contribution in [-0.2, 0) is 6.42 Å². The summed E-state index contributed by atoms with van der Waals surface area (Å²) in [4.78, 5) is 2.93. The summed E-state index contributed by atoms with van der Waals surface area (Å²) in [6.07, 6.45) is 4.76. The molecule has 0 fully saturated rings. The number of benzene rings is 3. The van der Waals surface area contributed by atoms with Gasteiger partial charge in [-0.05, 0) is 45.6 Å². The largest absolute Gasteiger partial charge is 0.0939 e. The first kappa shape index (κ1) is 15.7. The monoisotopic (exact) mass is 352 g/mol. The number of fused-ring (bicyclic) bond motifs is 2. The minimum absolute atomic E-state index is 0.323. The van der Waals surface area contributed by atoms with Gasteiger partial charge in [0.25, 0.3) is 0 Å². The number of rotatable bonds is 2. The molecule has 3 aromatic rings. The van der Waals surface area contributed by atoms with Gasteiger partial charge in [-0.15, -0.1) is 0 Å². The van der Waals surface area contributed by atoms with Gasteiger partial charge in [-0.2, -0.15) is 0 Å². The van der Waals surface area contributed by atoms with E-state index in [0.29, 0.717) is 5.92 Å². The van der Waals surface area contributed by atoms with Crippen LogP contribution >= 0.6 is 11.8 Å². The standard InChI is InChI=1S/C25H20S/c1-3-9-18(10-4-1)22-17-24(20-12-5-2-6-13-20)26-23-16-15-19-11-7-8-14-21(19)25(22)23/h1-14,17,22H,15-16H2. The lowest BCUT2D eigenvalue weighted by atomic mass is 9.79. The molecule has 3 aromatic carbocycles. The average Bonchev–Trinajstić information content (AvgIpc) is 2.74. The molecule has 0 spiro atoms. The minimum Gasteiger partial charge on any atom is -0.0939 e. The Morgan fingerprint density at radius 1 is 0.692 bits per heavy atom. The number of thioether (sulfide) groups is 1. The van der Waals surface area contributed by atoms with E-state index < -0.39 is 0 Å². The van der Waals surface area contributed by atoms with Gasteiger partial charge < -0.3 is 0 Å². The molecule has 2 aliphatic rings. The highest BCUT2D eigenvalue weighted by atomic mass is 32.2. The lowest BCUT2D eigenvalue weighted by Gasteiger charge is -2.32. The second kappa shape index (κ2) is 6.66. The third-order valence-corrected chi connectivity index (χ3v) is 6.57. The third-order valence-electron chi connectivity index (χ3n) is 5.31. The SMILES string of the molecule is C1=C(c2ccccc2)SC2=C(c3ccccc3CC2)C1c1ccccc1. The van der Waals surface area contributed by atoms with Gasteiger partial charge in [-0.1, -0.05) is 103 Å². The van der Waals surface area contributed by atoms with Gasteiger partial charge in [0.05, 0.1) is 0 Å². The molecular formula is C25H20S. The van der Waals surface area contributed by atoms with Crippen molar-refractivity contribution < 1.29 is 0 Å². The van der Waals surface area contributed by atoms with E-state index in [9.17, 15) is 0 Å². The van der Waals surface area contributed by atoms with Crippen LogP contribution in [0.3, 0.4) is 0 Å². The number of hydrogen-bond donors (Lipinski definition) is 0. The molecule has 1 atom stereocenters. The summed E-state index contributed by atoms with van der Waals surface area (Å²) in [5.74, 6) is 0.323. The van der Waals surface area contributed by atoms with Crippen molar-refractivity contribution in [1.29, 1.82) is 0 Å². The molecule has 0 saturated heterocycles. The van der Waals surface area contributed by atoms with Crippen molar-refractivity contribution in [2.75, 3.05) is 0 Å². The fourth-order valence-corrected chi connectivity index (χ4v) is 5.34. The number of hydrogen-bond acceptors (Lipinski definition) is 1. The van der Waals surface area contributed by atoms with Crippen LogP contribution in [0.5, 0.6) is 0 Å². The molecule has 0 saturated carbocycles. The topological polar surface area (TPSA) is 0 Å². The Morgan fingerprint density at radius 3 is 2.19 bits per heavy atom. The van der Waals surface area contributed by atoms with Crippen LogP contribution in [0.1, 0.15) is 34.6 Å². The molecule has 0 aromatic heterocycles. The molecule has 126 valence electrons. The third kappa shape index (κ3) is 2.73. The van der Waals surface area contributed by atoms with Crippen molar-refractivity contribution >= 4 is 22.2 Å². The van der Waals surface area contributed by atoms with Crippen molar-refractivity contribution in [3.63, 3.8) is 0 Å². The van der Waals surface area contributed by atoms with E-state index in [1.165, 1.54) is 32.7 Å². The molecule has 0 nitrogen and oxygen atoms in total. The average molecular weight is 353 g/mol. The molecule has 1 aliphatic carbocycles. The van der Waals surface area contributed by atoms with Gasteiger partial charge >= 0.3 is 0 Å². The Hall–Kier alpha value is -2.51. The van der Waals surface area contributed by atoms with E-state index in [2.05, 4.69) is 91.0 Å². The Balaban J connectivity index is 1.68. The summed E-state index contributed by atoms with van der Waals surface area (Å²) in [5, 5.41) is 0. The van der Waals surface area contributed by atoms with E-state index in [4.69, 9.17) is 0 Å². The molecule has 0 amide bonds. The summed E-state index contributed by atoms with van der Waals surface area (Å²) in [7, 11) is 0. The quantitative estimate of drug-likeness (QED) is 0.482. The normalized spacial score (nSPS) is 18.8. The van der Waals surface area contributed by atoms with Gasteiger partial charge in [0.1, 0.15) is 0 Å². The van der Waals surface area contributed by atoms with E-state index in [1.807, 2.05) is 11.8 Å². The van der Waals surface area contributed by atoms with Gasteiger partial charge in [0.15, 0.2) is 0 Å². The summed E-state index contributed by atoms with van der Waals surface area (Å²) in [6, 6.07) is 30.7. The van der Waals surface area contributed by atoms with E-state index >= 15 is 0 Å². The molecule has 0 N–H and O–H groups in total. The van der Waals surface area contributed by atoms with Gasteiger partial charge in [-0.25, -0.2) is 0 Å². The molecule has 5 rings (SSSR count). The van der Waals surface area contributed by atoms with Crippen LogP contribution in [0.25, 0.3) is 10.5 Å². The summed E-state index contributed by atoms with van der Waals surface area (Å²) < 4.78 is 0. The van der Waals surface area contributed by atoms with Crippen LogP contribution in [0.15, 0.2) is 95.9 Å². The highest BCUT2D eigenvalue weighted by Crippen LogP contribution is 2.53. The van der Waals surface area contributed by atoms with E-state index in [1.54, 1.807) is 4.91 Å². The molecule has 1 unspecified atom stereocenters. The Kier molecular flexibility index (Phi) is 4.03. The summed E-state index contributed by atoms with van der Waals surface area (Å²) >= 11 is 1.97. The highest BCUT2D eigenvalue weighted by molar-refractivity contribution is 8.12. The van der Waals surface area contributed by atoms with Crippen LogP contribution in [0.4, 0.5) is 0 Å². The highest BCUT2D eigenvalue weighted by Gasteiger charge is 2.30. The molecule has 0 bridgehead atoms. The summed E-state index contributed by atoms with van der Waals surface area (Å²) in [6.45, 7) is 0. The van der Waals surface area contributed by atoms with Crippen LogP contribution < -0.4 is 0 Å². The maximum atomic E-state index is 2.47. The molecular weight excluding hydrogens is 332 g/mol. The van der Waals surface area contributed by atoms with Crippen molar-refractivity contribution in [3.8, 4) is 0 Å². The summed E-state index contributed by atoms with van der Waals surface area (Å²) in [5.41, 5.74) is 7.15. The van der Waals surface area contributed by atoms with Gasteiger partial charge in [0, 0.05) is 10.8 Å².